The van der Waals surface area contributed by atoms with Crippen molar-refractivity contribution in [1.82, 2.24) is 15.4 Å². The Bertz CT molecular complexity index is 761. The lowest BCUT2D eigenvalue weighted by molar-refractivity contribution is 0.0520. The van der Waals surface area contributed by atoms with Crippen molar-refractivity contribution >= 4 is 17.1 Å². The summed E-state index contributed by atoms with van der Waals surface area (Å²) in [6.07, 6.45) is 1.55. The van der Waals surface area contributed by atoms with Crippen molar-refractivity contribution in [1.29, 1.82) is 0 Å². The van der Waals surface area contributed by atoms with Gasteiger partial charge in [-0.2, -0.15) is 0 Å². The number of fused-ring (bicyclic) bond motifs is 1. The van der Waals surface area contributed by atoms with Crippen LogP contribution in [-0.2, 0) is 4.74 Å². The Morgan fingerprint density at radius 3 is 2.81 bits per heavy atom. The van der Waals surface area contributed by atoms with Gasteiger partial charge in [-0.1, -0.05) is 5.16 Å². The quantitative estimate of drug-likeness (QED) is 0.898. The number of hydrogen-bond acceptors (Lipinski definition) is 5. The molecule has 26 heavy (non-hydrogen) atoms. The first-order chi connectivity index (χ1) is 12.3. The number of halogens is 1. The molecule has 0 radical (unpaired) electrons. The van der Waals surface area contributed by atoms with Gasteiger partial charge in [0.1, 0.15) is 11.4 Å². The summed E-state index contributed by atoms with van der Waals surface area (Å²) in [6.45, 7) is 8.74. The minimum absolute atomic E-state index is 0.312. The average Bonchev–Trinajstić information content (AvgIpc) is 2.96. The van der Waals surface area contributed by atoms with E-state index in [4.69, 9.17) is 9.26 Å². The summed E-state index contributed by atoms with van der Waals surface area (Å²) in [5, 5.41) is 7.86. The van der Waals surface area contributed by atoms with E-state index >= 15 is 0 Å². The van der Waals surface area contributed by atoms with E-state index < -0.39 is 5.60 Å². The molecule has 7 heteroatoms. The molecular weight excluding hydrogens is 337 g/mol. The summed E-state index contributed by atoms with van der Waals surface area (Å²) < 4.78 is 23.8. The molecule has 1 aromatic carbocycles. The zero-order valence-electron chi connectivity index (χ0n) is 15.5. The molecule has 0 atom stereocenters. The van der Waals surface area contributed by atoms with Gasteiger partial charge in [0.2, 0.25) is 0 Å². The summed E-state index contributed by atoms with van der Waals surface area (Å²) in [7, 11) is 0. The van der Waals surface area contributed by atoms with Crippen molar-refractivity contribution in [3.63, 3.8) is 0 Å². The Hall–Kier alpha value is -2.15. The Morgan fingerprint density at radius 1 is 1.38 bits per heavy atom. The molecule has 0 unspecified atom stereocenters. The monoisotopic (exact) mass is 363 g/mol. The minimum atomic E-state index is -0.480. The average molecular weight is 363 g/mol. The number of carbonyl (C=O) groups is 1. The fraction of sp³-hybridized carbons (Fsp3) is 0.579. The first kappa shape index (κ1) is 18.6. The van der Waals surface area contributed by atoms with Gasteiger partial charge in [0.25, 0.3) is 0 Å². The summed E-state index contributed by atoms with van der Waals surface area (Å²) in [6, 6.07) is 4.57. The highest BCUT2D eigenvalue weighted by molar-refractivity contribution is 5.79. The Kier molecular flexibility index (Phi) is 5.46. The van der Waals surface area contributed by atoms with Crippen molar-refractivity contribution in [2.24, 2.45) is 0 Å². The van der Waals surface area contributed by atoms with Crippen molar-refractivity contribution in [2.75, 3.05) is 26.2 Å². The molecule has 6 nitrogen and oxygen atoms in total. The van der Waals surface area contributed by atoms with Gasteiger partial charge in [0.05, 0.1) is 5.69 Å². The van der Waals surface area contributed by atoms with Crippen molar-refractivity contribution in [3.8, 4) is 0 Å². The molecule has 1 fully saturated rings. The standard InChI is InChI=1S/C19H26FN3O3/c1-19(2,3)25-18(24)21-8-11-23-9-6-13(7-10-23)17-15-5-4-14(20)12-16(15)26-22-17/h4-5,12-13H,6-11H2,1-3H3,(H,21,24). The van der Waals surface area contributed by atoms with Crippen LogP contribution in [0.4, 0.5) is 9.18 Å². The fourth-order valence-corrected chi connectivity index (χ4v) is 3.29. The normalized spacial score (nSPS) is 16.8. The lowest BCUT2D eigenvalue weighted by Crippen LogP contribution is -2.40. The van der Waals surface area contributed by atoms with E-state index in [1.54, 1.807) is 6.07 Å². The highest BCUT2D eigenvalue weighted by atomic mass is 19.1. The van der Waals surface area contributed by atoms with Crippen LogP contribution in [0.3, 0.4) is 0 Å². The van der Waals surface area contributed by atoms with E-state index in [-0.39, 0.29) is 11.9 Å². The lowest BCUT2D eigenvalue weighted by Gasteiger charge is -2.31. The number of carbonyl (C=O) groups excluding carboxylic acids is 1. The molecule has 1 aliphatic rings. The molecule has 1 aliphatic heterocycles. The van der Waals surface area contributed by atoms with E-state index in [1.807, 2.05) is 20.8 Å². The third-order valence-electron chi connectivity index (χ3n) is 4.53. The highest BCUT2D eigenvalue weighted by Crippen LogP contribution is 2.32. The van der Waals surface area contributed by atoms with Crippen LogP contribution < -0.4 is 5.32 Å². The number of nitrogens with one attached hydrogen (secondary N) is 1. The fourth-order valence-electron chi connectivity index (χ4n) is 3.29. The largest absolute Gasteiger partial charge is 0.444 e. The molecule has 1 amide bonds. The molecule has 0 bridgehead atoms. The van der Waals surface area contributed by atoms with Crippen molar-refractivity contribution in [2.45, 2.75) is 45.1 Å². The molecule has 1 N–H and O–H groups in total. The number of alkyl carbamates (subject to hydrolysis) is 1. The number of amides is 1. The van der Waals surface area contributed by atoms with Crippen LogP contribution >= 0.6 is 0 Å². The van der Waals surface area contributed by atoms with Crippen molar-refractivity contribution < 1.29 is 18.4 Å². The maximum Gasteiger partial charge on any atom is 0.407 e. The molecular formula is C19H26FN3O3. The third kappa shape index (κ3) is 4.72. The number of aromatic nitrogens is 1. The van der Waals surface area contributed by atoms with E-state index in [0.717, 1.165) is 43.6 Å². The SMILES string of the molecule is CC(C)(C)OC(=O)NCCN1CCC(c2noc3cc(F)ccc23)CC1. The Balaban J connectivity index is 1.46. The first-order valence-corrected chi connectivity index (χ1v) is 9.06. The van der Waals surface area contributed by atoms with Crippen LogP contribution in [0.25, 0.3) is 11.0 Å². The zero-order chi connectivity index (χ0) is 18.7. The molecule has 3 rings (SSSR count). The summed E-state index contributed by atoms with van der Waals surface area (Å²) in [5.74, 6) is 0.00397. The van der Waals surface area contributed by atoms with Gasteiger partial charge in [-0.3, -0.25) is 0 Å². The van der Waals surface area contributed by atoms with Crippen LogP contribution in [0, 0.1) is 5.82 Å². The van der Waals surface area contributed by atoms with Gasteiger partial charge in [0, 0.05) is 30.5 Å². The summed E-state index contributed by atoms with van der Waals surface area (Å²) in [5.41, 5.74) is 0.946. The summed E-state index contributed by atoms with van der Waals surface area (Å²) >= 11 is 0. The summed E-state index contributed by atoms with van der Waals surface area (Å²) in [4.78, 5) is 14.0. The second-order valence-electron chi connectivity index (χ2n) is 7.75. The van der Waals surface area contributed by atoms with Gasteiger partial charge < -0.3 is 19.5 Å². The molecule has 0 aliphatic carbocycles. The smallest absolute Gasteiger partial charge is 0.407 e. The minimum Gasteiger partial charge on any atom is -0.444 e. The topological polar surface area (TPSA) is 67.6 Å². The Morgan fingerprint density at radius 2 is 2.12 bits per heavy atom. The van der Waals surface area contributed by atoms with Gasteiger partial charge in [-0.05, 0) is 58.8 Å². The predicted octanol–water partition coefficient (Wildman–Crippen LogP) is 3.67. The van der Waals surface area contributed by atoms with E-state index in [9.17, 15) is 9.18 Å². The molecule has 142 valence electrons. The predicted molar refractivity (Wildman–Crippen MR) is 96.6 cm³/mol. The van der Waals surface area contributed by atoms with Gasteiger partial charge in [-0.15, -0.1) is 0 Å². The molecule has 2 heterocycles. The maximum atomic E-state index is 13.3. The maximum absolute atomic E-state index is 13.3. The number of hydrogen-bond donors (Lipinski definition) is 1. The van der Waals surface area contributed by atoms with Crippen LogP contribution in [-0.4, -0.2) is 47.9 Å². The van der Waals surface area contributed by atoms with Crippen LogP contribution in [0.5, 0.6) is 0 Å². The van der Waals surface area contributed by atoms with Gasteiger partial charge in [0.15, 0.2) is 5.58 Å². The number of ether oxygens (including phenoxy) is 1. The van der Waals surface area contributed by atoms with Crippen LogP contribution in [0.2, 0.25) is 0 Å². The van der Waals surface area contributed by atoms with Crippen molar-refractivity contribution in [3.05, 3.63) is 29.7 Å². The van der Waals surface area contributed by atoms with Gasteiger partial charge >= 0.3 is 6.09 Å². The highest BCUT2D eigenvalue weighted by Gasteiger charge is 2.25. The van der Waals surface area contributed by atoms with E-state index in [2.05, 4.69) is 15.4 Å². The zero-order valence-corrected chi connectivity index (χ0v) is 15.5. The number of rotatable bonds is 4. The number of likely N-dealkylation sites (tertiary alicyclic amines) is 1. The number of piperidine rings is 1. The van der Waals surface area contributed by atoms with Crippen LogP contribution in [0.1, 0.15) is 45.2 Å². The second-order valence-corrected chi connectivity index (χ2v) is 7.75. The number of benzene rings is 1. The lowest BCUT2D eigenvalue weighted by atomic mass is 9.91. The molecule has 2 aromatic rings. The van der Waals surface area contributed by atoms with Crippen LogP contribution in [0.15, 0.2) is 22.7 Å². The third-order valence-corrected chi connectivity index (χ3v) is 4.53. The van der Waals surface area contributed by atoms with E-state index in [1.165, 1.54) is 12.1 Å². The van der Waals surface area contributed by atoms with Gasteiger partial charge in [-0.25, -0.2) is 9.18 Å². The number of nitrogens with zero attached hydrogens (tertiary/aromatic N) is 2. The van der Waals surface area contributed by atoms with E-state index in [0.29, 0.717) is 18.0 Å². The Labute approximate surface area is 152 Å². The first-order valence-electron chi connectivity index (χ1n) is 9.06. The molecule has 0 spiro atoms. The molecule has 1 aromatic heterocycles. The molecule has 0 saturated carbocycles. The molecule has 1 saturated heterocycles. The second kappa shape index (κ2) is 7.61.